The smallest absolute Gasteiger partial charge is 0.332 e. The van der Waals surface area contributed by atoms with Crippen LogP contribution in [-0.2, 0) is 9.53 Å². The Morgan fingerprint density at radius 1 is 1.55 bits per heavy atom. The molecular formula is C13H11ClN4O2. The molecule has 1 N–H and O–H groups in total. The maximum atomic E-state index is 11.6. The number of benzene rings is 1. The summed E-state index contributed by atoms with van der Waals surface area (Å²) in [6.45, 7) is 2.07. The average molecular weight is 291 g/mol. The van der Waals surface area contributed by atoms with Crippen molar-refractivity contribution in [2.24, 2.45) is 0 Å². The van der Waals surface area contributed by atoms with Gasteiger partial charge in [0.1, 0.15) is 6.33 Å². The molecule has 102 valence electrons. The molecule has 0 amide bonds. The molecule has 0 atom stereocenters. The lowest BCUT2D eigenvalue weighted by molar-refractivity contribution is -0.137. The van der Waals surface area contributed by atoms with Crippen molar-refractivity contribution >= 4 is 29.0 Å². The first-order valence-electron chi connectivity index (χ1n) is 6.05. The summed E-state index contributed by atoms with van der Waals surface area (Å²) in [7, 11) is 0. The number of fused-ring (bicyclic) bond motifs is 3. The van der Waals surface area contributed by atoms with Crippen molar-refractivity contribution in [3.05, 3.63) is 41.4 Å². The van der Waals surface area contributed by atoms with E-state index in [0.717, 1.165) is 11.4 Å². The lowest BCUT2D eigenvalue weighted by atomic mass is 10.2. The highest BCUT2D eigenvalue weighted by molar-refractivity contribution is 6.31. The molecule has 1 aromatic carbocycles. The Morgan fingerprint density at radius 2 is 2.40 bits per heavy atom. The highest BCUT2D eigenvalue weighted by atomic mass is 35.5. The van der Waals surface area contributed by atoms with Crippen molar-refractivity contribution in [1.29, 1.82) is 0 Å². The first-order valence-corrected chi connectivity index (χ1v) is 6.42. The Morgan fingerprint density at radius 3 is 3.20 bits per heavy atom. The number of carbonyl (C=O) groups excluding carboxylic acids is 1. The summed E-state index contributed by atoms with van der Waals surface area (Å²) < 4.78 is 6.69. The van der Waals surface area contributed by atoms with E-state index in [-0.39, 0.29) is 0 Å². The second-order valence-electron chi connectivity index (χ2n) is 4.12. The average Bonchev–Trinajstić information content (AvgIpc) is 2.88. The number of hydrogen-bond donors (Lipinski definition) is 1. The van der Waals surface area contributed by atoms with E-state index in [2.05, 4.69) is 15.5 Å². The van der Waals surface area contributed by atoms with Crippen molar-refractivity contribution in [1.82, 2.24) is 14.8 Å². The SMILES string of the molecule is CCOC(=O)C=C1Nc2cc(Cl)ccc2-n2cnnc21. The number of hydrogen-bond acceptors (Lipinski definition) is 5. The van der Waals surface area contributed by atoms with E-state index in [0.29, 0.717) is 23.2 Å². The van der Waals surface area contributed by atoms with Gasteiger partial charge < -0.3 is 10.1 Å². The van der Waals surface area contributed by atoms with Crippen LogP contribution in [0.3, 0.4) is 0 Å². The van der Waals surface area contributed by atoms with Gasteiger partial charge in [0.05, 0.1) is 29.8 Å². The zero-order valence-electron chi connectivity index (χ0n) is 10.6. The zero-order chi connectivity index (χ0) is 14.1. The van der Waals surface area contributed by atoms with Crippen LogP contribution in [0, 0.1) is 0 Å². The van der Waals surface area contributed by atoms with Crippen LogP contribution in [-0.4, -0.2) is 27.3 Å². The maximum Gasteiger partial charge on any atom is 0.332 e. The van der Waals surface area contributed by atoms with Crippen molar-refractivity contribution in [3.8, 4) is 5.69 Å². The second kappa shape index (κ2) is 4.97. The number of nitrogens with one attached hydrogen (secondary N) is 1. The van der Waals surface area contributed by atoms with Crippen molar-refractivity contribution in [2.45, 2.75) is 6.92 Å². The van der Waals surface area contributed by atoms with E-state index in [4.69, 9.17) is 16.3 Å². The molecule has 7 heteroatoms. The molecule has 0 radical (unpaired) electrons. The Bertz CT molecular complexity index is 708. The van der Waals surface area contributed by atoms with Crippen LogP contribution in [0.4, 0.5) is 5.69 Å². The Balaban J connectivity index is 2.08. The third-order valence-electron chi connectivity index (χ3n) is 2.82. The topological polar surface area (TPSA) is 69.0 Å². The van der Waals surface area contributed by atoms with Gasteiger partial charge in [-0.15, -0.1) is 10.2 Å². The molecule has 0 aliphatic carbocycles. The molecule has 2 heterocycles. The van der Waals surface area contributed by atoms with E-state index >= 15 is 0 Å². The maximum absolute atomic E-state index is 11.6. The monoisotopic (exact) mass is 290 g/mol. The fourth-order valence-corrected chi connectivity index (χ4v) is 2.19. The molecule has 0 fully saturated rings. The molecule has 0 bridgehead atoms. The first kappa shape index (κ1) is 12.7. The van der Waals surface area contributed by atoms with Crippen LogP contribution < -0.4 is 5.32 Å². The number of ether oxygens (including phenoxy) is 1. The van der Waals surface area contributed by atoms with Crippen LogP contribution in [0.15, 0.2) is 30.6 Å². The minimum atomic E-state index is -0.435. The van der Waals surface area contributed by atoms with E-state index in [9.17, 15) is 4.79 Å². The van der Waals surface area contributed by atoms with Gasteiger partial charge in [-0.25, -0.2) is 4.79 Å². The van der Waals surface area contributed by atoms with Gasteiger partial charge in [0, 0.05) is 5.02 Å². The number of aromatic nitrogens is 3. The van der Waals surface area contributed by atoms with Gasteiger partial charge >= 0.3 is 5.97 Å². The number of nitrogens with zero attached hydrogens (tertiary/aromatic N) is 3. The Hall–Kier alpha value is -2.34. The lowest BCUT2D eigenvalue weighted by Gasteiger charge is -2.21. The summed E-state index contributed by atoms with van der Waals surface area (Å²) >= 11 is 5.99. The van der Waals surface area contributed by atoms with E-state index in [1.54, 1.807) is 30.0 Å². The van der Waals surface area contributed by atoms with Gasteiger partial charge in [0.2, 0.25) is 0 Å². The summed E-state index contributed by atoms with van der Waals surface area (Å²) in [5.74, 6) is 0.114. The van der Waals surface area contributed by atoms with Gasteiger partial charge in [-0.3, -0.25) is 4.57 Å². The van der Waals surface area contributed by atoms with Crippen LogP contribution in [0.1, 0.15) is 12.7 Å². The summed E-state index contributed by atoms with van der Waals surface area (Å²) in [6.07, 6.45) is 2.94. The van der Waals surface area contributed by atoms with Crippen LogP contribution in [0.25, 0.3) is 11.4 Å². The quantitative estimate of drug-likeness (QED) is 0.678. The molecule has 3 rings (SSSR count). The zero-order valence-corrected chi connectivity index (χ0v) is 11.4. The second-order valence-corrected chi connectivity index (χ2v) is 4.56. The standard InChI is InChI=1S/C13H11ClN4O2/c1-2-20-12(19)6-10-13-17-15-7-18(13)11-4-3-8(14)5-9(11)16-10/h3-7,16H,2H2,1H3. The number of carbonyl (C=O) groups is 1. The molecular weight excluding hydrogens is 280 g/mol. The van der Waals surface area contributed by atoms with E-state index in [1.807, 2.05) is 6.07 Å². The van der Waals surface area contributed by atoms with Gasteiger partial charge in [-0.2, -0.15) is 0 Å². The number of anilines is 1. The molecule has 20 heavy (non-hydrogen) atoms. The highest BCUT2D eigenvalue weighted by Crippen LogP contribution is 2.33. The van der Waals surface area contributed by atoms with Crippen LogP contribution in [0.2, 0.25) is 5.02 Å². The van der Waals surface area contributed by atoms with E-state index < -0.39 is 5.97 Å². The van der Waals surface area contributed by atoms with E-state index in [1.165, 1.54) is 6.08 Å². The largest absolute Gasteiger partial charge is 0.463 e. The summed E-state index contributed by atoms with van der Waals surface area (Å²) in [4.78, 5) is 11.6. The Labute approximate surface area is 120 Å². The van der Waals surface area contributed by atoms with Crippen LogP contribution >= 0.6 is 11.6 Å². The minimum Gasteiger partial charge on any atom is -0.463 e. The van der Waals surface area contributed by atoms with Gasteiger partial charge in [-0.1, -0.05) is 11.6 Å². The molecule has 1 aliphatic rings. The molecule has 2 aromatic rings. The van der Waals surface area contributed by atoms with Gasteiger partial charge in [-0.05, 0) is 25.1 Å². The normalized spacial score (nSPS) is 14.4. The van der Waals surface area contributed by atoms with Crippen LogP contribution in [0.5, 0.6) is 0 Å². The minimum absolute atomic E-state index is 0.317. The van der Waals surface area contributed by atoms with Gasteiger partial charge in [0.25, 0.3) is 0 Å². The fraction of sp³-hybridized carbons (Fsp3) is 0.154. The summed E-state index contributed by atoms with van der Waals surface area (Å²) in [6, 6.07) is 5.42. The first-order chi connectivity index (χ1) is 9.69. The predicted octanol–water partition coefficient (Wildman–Crippen LogP) is 2.25. The fourth-order valence-electron chi connectivity index (χ4n) is 2.02. The summed E-state index contributed by atoms with van der Waals surface area (Å²) in [5.41, 5.74) is 2.17. The number of esters is 1. The van der Waals surface area contributed by atoms with Crippen molar-refractivity contribution in [2.75, 3.05) is 11.9 Å². The third-order valence-corrected chi connectivity index (χ3v) is 3.06. The lowest BCUT2D eigenvalue weighted by Crippen LogP contribution is -2.16. The third kappa shape index (κ3) is 2.14. The van der Waals surface area contributed by atoms with Gasteiger partial charge in [0.15, 0.2) is 5.82 Å². The molecule has 0 unspecified atom stereocenters. The number of rotatable bonds is 2. The highest BCUT2D eigenvalue weighted by Gasteiger charge is 2.22. The van der Waals surface area contributed by atoms with Crippen molar-refractivity contribution < 1.29 is 9.53 Å². The molecule has 1 aliphatic heterocycles. The molecule has 0 saturated heterocycles. The summed E-state index contributed by atoms with van der Waals surface area (Å²) in [5, 5.41) is 11.6. The predicted molar refractivity (Wildman–Crippen MR) is 74.6 cm³/mol. The molecule has 6 nitrogen and oxygen atoms in total. The number of halogens is 1. The Kier molecular flexibility index (Phi) is 3.15. The molecule has 0 spiro atoms. The van der Waals surface area contributed by atoms with Crippen molar-refractivity contribution in [3.63, 3.8) is 0 Å². The molecule has 1 aromatic heterocycles. The molecule has 0 saturated carbocycles.